The van der Waals surface area contributed by atoms with E-state index in [1.54, 1.807) is 24.5 Å². The molecule has 2 atom stereocenters. The Labute approximate surface area is 179 Å². The van der Waals surface area contributed by atoms with Crippen LogP contribution >= 0.6 is 0 Å². The highest BCUT2D eigenvalue weighted by atomic mass is 19.3. The second-order valence-corrected chi connectivity index (χ2v) is 7.42. The van der Waals surface area contributed by atoms with E-state index in [0.717, 1.165) is 35.7 Å². The molecule has 0 radical (unpaired) electrons. The van der Waals surface area contributed by atoms with Crippen LogP contribution in [0, 0.1) is 0 Å². The fraction of sp³-hybridized carbons (Fsp3) is 0.318. The number of benzene rings is 1. The van der Waals surface area contributed by atoms with Crippen LogP contribution in [0.1, 0.15) is 13.8 Å². The first-order valence-electron chi connectivity index (χ1n) is 9.98. The van der Waals surface area contributed by atoms with Crippen LogP contribution in [0.2, 0.25) is 0 Å². The third-order valence-corrected chi connectivity index (χ3v) is 4.83. The lowest BCUT2D eigenvalue weighted by atomic mass is 10.1. The SMILES string of the molecule is C[C@@H]1CN(c2cc(Nc3cc(-c4ccc(OC(F)F)cc4)cnn3)ccn2)C[C@@H](C)O1. The Morgan fingerprint density at radius 3 is 2.52 bits per heavy atom. The first-order chi connectivity index (χ1) is 15.0. The third kappa shape index (κ3) is 5.43. The lowest BCUT2D eigenvalue weighted by Gasteiger charge is -2.36. The second kappa shape index (κ2) is 9.22. The lowest BCUT2D eigenvalue weighted by molar-refractivity contribution is -0.0498. The number of anilines is 3. The normalized spacial score (nSPS) is 18.8. The monoisotopic (exact) mass is 427 g/mol. The molecule has 162 valence electrons. The van der Waals surface area contributed by atoms with E-state index in [1.807, 2.05) is 18.2 Å². The van der Waals surface area contributed by atoms with Crippen molar-refractivity contribution in [2.75, 3.05) is 23.3 Å². The van der Waals surface area contributed by atoms with Gasteiger partial charge in [0.2, 0.25) is 0 Å². The first-order valence-corrected chi connectivity index (χ1v) is 9.98. The summed E-state index contributed by atoms with van der Waals surface area (Å²) in [6.07, 6.45) is 3.65. The van der Waals surface area contributed by atoms with E-state index in [1.165, 1.54) is 12.1 Å². The predicted octanol–water partition coefficient (Wildman–Crippen LogP) is 4.50. The van der Waals surface area contributed by atoms with Crippen LogP contribution in [0.5, 0.6) is 5.75 Å². The highest BCUT2D eigenvalue weighted by Crippen LogP contribution is 2.26. The quantitative estimate of drug-likeness (QED) is 0.621. The summed E-state index contributed by atoms with van der Waals surface area (Å²) in [4.78, 5) is 6.70. The minimum atomic E-state index is -2.85. The van der Waals surface area contributed by atoms with Crippen LogP contribution in [0.4, 0.5) is 26.1 Å². The molecule has 0 bridgehead atoms. The number of hydrogen-bond acceptors (Lipinski definition) is 7. The molecule has 7 nitrogen and oxygen atoms in total. The van der Waals surface area contributed by atoms with E-state index >= 15 is 0 Å². The van der Waals surface area contributed by atoms with Crippen molar-refractivity contribution < 1.29 is 18.3 Å². The van der Waals surface area contributed by atoms with Gasteiger partial charge in [-0.25, -0.2) is 4.98 Å². The molecular formula is C22H23F2N5O2. The summed E-state index contributed by atoms with van der Waals surface area (Å²) in [5.74, 6) is 1.53. The Morgan fingerprint density at radius 2 is 1.81 bits per heavy atom. The topological polar surface area (TPSA) is 72.4 Å². The lowest BCUT2D eigenvalue weighted by Crippen LogP contribution is -2.45. The van der Waals surface area contributed by atoms with Crippen LogP contribution in [-0.4, -0.2) is 47.1 Å². The summed E-state index contributed by atoms with van der Waals surface area (Å²) in [6, 6.07) is 12.1. The molecule has 1 N–H and O–H groups in total. The highest BCUT2D eigenvalue weighted by Gasteiger charge is 2.23. The number of pyridine rings is 1. The van der Waals surface area contributed by atoms with E-state index in [4.69, 9.17) is 4.74 Å². The average Bonchev–Trinajstić information content (AvgIpc) is 2.74. The number of ether oxygens (including phenoxy) is 2. The van der Waals surface area contributed by atoms with Gasteiger partial charge >= 0.3 is 6.61 Å². The van der Waals surface area contributed by atoms with Crippen LogP contribution in [0.3, 0.4) is 0 Å². The molecule has 1 aliphatic rings. The van der Waals surface area contributed by atoms with Gasteiger partial charge in [0, 0.05) is 36.6 Å². The standard InChI is InChI=1S/C22H23F2N5O2/c1-14-12-29(13-15(2)30-14)21-10-18(7-8-25-21)27-20-9-17(11-26-28-20)16-3-5-19(6-4-16)31-22(23)24/h3-11,14-15,22H,12-13H2,1-2H3,(H,25,27,28)/t14-,15-/m1/s1. The molecule has 2 aromatic heterocycles. The van der Waals surface area contributed by atoms with Crippen LogP contribution in [0.25, 0.3) is 11.1 Å². The Kier molecular flexibility index (Phi) is 6.22. The van der Waals surface area contributed by atoms with Crippen molar-refractivity contribution in [3.8, 4) is 16.9 Å². The molecule has 1 aromatic carbocycles. The Hall–Kier alpha value is -3.33. The Bertz CT molecular complexity index is 1010. The largest absolute Gasteiger partial charge is 0.435 e. The van der Waals surface area contributed by atoms with Gasteiger partial charge < -0.3 is 19.7 Å². The van der Waals surface area contributed by atoms with Crippen molar-refractivity contribution in [1.82, 2.24) is 15.2 Å². The minimum absolute atomic E-state index is 0.107. The number of nitrogens with zero attached hydrogens (tertiary/aromatic N) is 4. The number of alkyl halides is 2. The van der Waals surface area contributed by atoms with Gasteiger partial charge in [-0.2, -0.15) is 13.9 Å². The van der Waals surface area contributed by atoms with Crippen molar-refractivity contribution >= 4 is 17.3 Å². The fourth-order valence-electron chi connectivity index (χ4n) is 3.60. The zero-order chi connectivity index (χ0) is 21.8. The summed E-state index contributed by atoms with van der Waals surface area (Å²) in [5, 5.41) is 11.5. The number of nitrogens with one attached hydrogen (secondary N) is 1. The van der Waals surface area contributed by atoms with Gasteiger partial charge in [0.1, 0.15) is 11.6 Å². The summed E-state index contributed by atoms with van der Waals surface area (Å²) in [6.45, 7) is 2.82. The molecule has 1 aliphatic heterocycles. The number of rotatable bonds is 6. The molecule has 0 unspecified atom stereocenters. The van der Waals surface area contributed by atoms with Crippen molar-refractivity contribution in [3.63, 3.8) is 0 Å². The second-order valence-electron chi connectivity index (χ2n) is 7.42. The number of aromatic nitrogens is 3. The molecule has 31 heavy (non-hydrogen) atoms. The maximum atomic E-state index is 12.3. The number of halogens is 2. The molecule has 3 heterocycles. The fourth-order valence-corrected chi connectivity index (χ4v) is 3.60. The molecule has 3 aromatic rings. The molecular weight excluding hydrogens is 404 g/mol. The van der Waals surface area contributed by atoms with Crippen molar-refractivity contribution in [2.24, 2.45) is 0 Å². The highest BCUT2D eigenvalue weighted by molar-refractivity contribution is 5.68. The summed E-state index contributed by atoms with van der Waals surface area (Å²) >= 11 is 0. The maximum Gasteiger partial charge on any atom is 0.387 e. The summed E-state index contributed by atoms with van der Waals surface area (Å²) in [7, 11) is 0. The molecule has 9 heteroatoms. The van der Waals surface area contributed by atoms with Crippen molar-refractivity contribution in [3.05, 3.63) is 54.9 Å². The minimum Gasteiger partial charge on any atom is -0.435 e. The molecule has 0 saturated carbocycles. The van der Waals surface area contributed by atoms with E-state index in [0.29, 0.717) is 5.82 Å². The van der Waals surface area contributed by atoms with Gasteiger partial charge in [-0.15, -0.1) is 5.10 Å². The van der Waals surface area contributed by atoms with Crippen molar-refractivity contribution in [1.29, 1.82) is 0 Å². The average molecular weight is 427 g/mol. The zero-order valence-electron chi connectivity index (χ0n) is 17.2. The molecule has 0 amide bonds. The van der Waals surface area contributed by atoms with Crippen LogP contribution in [0.15, 0.2) is 54.9 Å². The zero-order valence-corrected chi connectivity index (χ0v) is 17.2. The van der Waals surface area contributed by atoms with E-state index in [-0.39, 0.29) is 18.0 Å². The number of morpholine rings is 1. The summed E-state index contributed by atoms with van der Waals surface area (Å²) < 4.78 is 34.8. The van der Waals surface area contributed by atoms with Gasteiger partial charge in [0.05, 0.1) is 18.4 Å². The van der Waals surface area contributed by atoms with Crippen LogP contribution in [-0.2, 0) is 4.74 Å². The van der Waals surface area contributed by atoms with E-state index in [2.05, 4.69) is 44.0 Å². The Morgan fingerprint density at radius 1 is 1.06 bits per heavy atom. The molecule has 1 saturated heterocycles. The van der Waals surface area contributed by atoms with Gasteiger partial charge in [-0.1, -0.05) is 12.1 Å². The van der Waals surface area contributed by atoms with Gasteiger partial charge in [-0.3, -0.25) is 0 Å². The molecule has 0 aliphatic carbocycles. The summed E-state index contributed by atoms with van der Waals surface area (Å²) in [5.41, 5.74) is 2.45. The molecule has 4 rings (SSSR count). The first kappa shape index (κ1) is 20.9. The third-order valence-electron chi connectivity index (χ3n) is 4.83. The maximum absolute atomic E-state index is 12.3. The Balaban J connectivity index is 1.49. The van der Waals surface area contributed by atoms with Crippen LogP contribution < -0.4 is 15.0 Å². The predicted molar refractivity (Wildman–Crippen MR) is 114 cm³/mol. The van der Waals surface area contributed by atoms with Gasteiger partial charge in [0.25, 0.3) is 0 Å². The number of hydrogen-bond donors (Lipinski definition) is 1. The molecule has 1 fully saturated rings. The van der Waals surface area contributed by atoms with Crippen molar-refractivity contribution in [2.45, 2.75) is 32.7 Å². The van der Waals surface area contributed by atoms with Gasteiger partial charge in [0.15, 0.2) is 5.82 Å². The van der Waals surface area contributed by atoms with Gasteiger partial charge in [-0.05, 0) is 43.7 Å². The van der Waals surface area contributed by atoms with E-state index in [9.17, 15) is 8.78 Å². The van der Waals surface area contributed by atoms with E-state index < -0.39 is 6.61 Å². The molecule has 0 spiro atoms. The smallest absolute Gasteiger partial charge is 0.387 e.